The van der Waals surface area contributed by atoms with Gasteiger partial charge in [0.2, 0.25) is 10.0 Å². The van der Waals surface area contributed by atoms with Crippen LogP contribution in [0, 0.1) is 0 Å². The third kappa shape index (κ3) is 5.94. The van der Waals surface area contributed by atoms with Crippen molar-refractivity contribution in [1.29, 1.82) is 0 Å². The average Bonchev–Trinajstić information content (AvgIpc) is 3.30. The Morgan fingerprint density at radius 1 is 1.23 bits per heavy atom. The number of methoxy groups -OCH3 is 1. The van der Waals surface area contributed by atoms with Crippen molar-refractivity contribution in [2.24, 2.45) is 0 Å². The number of sulfonamides is 1. The van der Waals surface area contributed by atoms with Crippen LogP contribution >= 0.6 is 0 Å². The minimum Gasteiger partial charge on any atom is -0.495 e. The van der Waals surface area contributed by atoms with E-state index in [-0.39, 0.29) is 29.4 Å². The average molecular weight is 450 g/mol. The number of ether oxygens (including phenoxy) is 3. The highest BCUT2D eigenvalue weighted by atomic mass is 32.2. The molecule has 1 aromatic heterocycles. The van der Waals surface area contributed by atoms with E-state index in [4.69, 9.17) is 18.6 Å². The van der Waals surface area contributed by atoms with Crippen LogP contribution < -0.4 is 10.1 Å². The second kappa shape index (κ2) is 10.2. The molecule has 10 nitrogen and oxygen atoms in total. The van der Waals surface area contributed by atoms with Crippen LogP contribution in [0.25, 0.3) is 6.08 Å². The van der Waals surface area contributed by atoms with E-state index >= 15 is 0 Å². The van der Waals surface area contributed by atoms with Crippen molar-refractivity contribution in [3.05, 3.63) is 48.4 Å². The summed E-state index contributed by atoms with van der Waals surface area (Å²) in [6.07, 6.45) is 4.00. The topological polar surface area (TPSA) is 124 Å². The molecule has 1 N–H and O–H groups in total. The lowest BCUT2D eigenvalue weighted by Gasteiger charge is -2.26. The molecule has 3 rings (SSSR count). The van der Waals surface area contributed by atoms with Gasteiger partial charge in [0.15, 0.2) is 6.61 Å². The summed E-state index contributed by atoms with van der Waals surface area (Å²) in [5, 5.41) is 2.51. The summed E-state index contributed by atoms with van der Waals surface area (Å²) in [4.78, 5) is 23.7. The molecule has 11 heteroatoms. The number of carbonyl (C=O) groups excluding carboxylic acids is 2. The standard InChI is InChI=1S/C20H22N2O8S/c1-27-17-6-4-15(13-18(17)31(25,26)22-8-11-28-12-9-22)21-19(23)14-30-20(24)7-5-16-3-2-10-29-16/h2-7,10,13H,8-9,11-12,14H2,1H3,(H,21,23)/b7-5+. The molecule has 0 atom stereocenters. The Morgan fingerprint density at radius 2 is 2.00 bits per heavy atom. The van der Waals surface area contributed by atoms with Crippen LogP contribution in [0.15, 0.2) is 52.0 Å². The number of hydrogen-bond acceptors (Lipinski definition) is 8. The second-order valence-electron chi connectivity index (χ2n) is 6.39. The smallest absolute Gasteiger partial charge is 0.331 e. The summed E-state index contributed by atoms with van der Waals surface area (Å²) in [6.45, 7) is 0.515. The largest absolute Gasteiger partial charge is 0.495 e. The lowest BCUT2D eigenvalue weighted by Crippen LogP contribution is -2.40. The van der Waals surface area contributed by atoms with Gasteiger partial charge in [0, 0.05) is 24.9 Å². The van der Waals surface area contributed by atoms with E-state index in [9.17, 15) is 18.0 Å². The fraction of sp³-hybridized carbons (Fsp3) is 0.300. The molecule has 2 heterocycles. The number of nitrogens with one attached hydrogen (secondary N) is 1. The molecule has 1 aliphatic rings. The van der Waals surface area contributed by atoms with Crippen LogP contribution in [0.3, 0.4) is 0 Å². The van der Waals surface area contributed by atoms with Gasteiger partial charge in [-0.25, -0.2) is 13.2 Å². The molecule has 0 aliphatic carbocycles. The van der Waals surface area contributed by atoms with Crippen molar-refractivity contribution < 1.29 is 36.6 Å². The van der Waals surface area contributed by atoms with Crippen molar-refractivity contribution in [1.82, 2.24) is 4.31 Å². The van der Waals surface area contributed by atoms with Crippen molar-refractivity contribution >= 4 is 33.7 Å². The van der Waals surface area contributed by atoms with Gasteiger partial charge in [-0.15, -0.1) is 0 Å². The Bertz CT molecular complexity index is 1040. The highest BCUT2D eigenvalue weighted by molar-refractivity contribution is 7.89. The lowest BCUT2D eigenvalue weighted by atomic mass is 10.3. The summed E-state index contributed by atoms with van der Waals surface area (Å²) >= 11 is 0. The van der Waals surface area contributed by atoms with Crippen LogP contribution in [0.5, 0.6) is 5.75 Å². The molecule has 1 amide bonds. The number of nitrogens with zero attached hydrogens (tertiary/aromatic N) is 1. The van der Waals surface area contributed by atoms with Crippen molar-refractivity contribution in [2.45, 2.75) is 4.90 Å². The molecule has 1 saturated heterocycles. The van der Waals surface area contributed by atoms with E-state index in [0.29, 0.717) is 19.0 Å². The quantitative estimate of drug-likeness (QED) is 0.474. The van der Waals surface area contributed by atoms with Gasteiger partial charge in [0.05, 0.1) is 26.6 Å². The zero-order valence-electron chi connectivity index (χ0n) is 16.8. The number of esters is 1. The van der Waals surface area contributed by atoms with Gasteiger partial charge in [0.25, 0.3) is 5.91 Å². The Hall–Kier alpha value is -3.15. The first-order chi connectivity index (χ1) is 14.9. The molecule has 0 spiro atoms. The molecule has 1 fully saturated rings. The molecule has 1 aliphatic heterocycles. The van der Waals surface area contributed by atoms with E-state index in [1.165, 1.54) is 42.0 Å². The normalized spacial score (nSPS) is 15.0. The fourth-order valence-corrected chi connectivity index (χ4v) is 4.39. The molecular weight excluding hydrogens is 428 g/mol. The molecule has 31 heavy (non-hydrogen) atoms. The van der Waals surface area contributed by atoms with Gasteiger partial charge in [-0.3, -0.25) is 4.79 Å². The van der Waals surface area contributed by atoms with Gasteiger partial charge < -0.3 is 23.9 Å². The van der Waals surface area contributed by atoms with Gasteiger partial charge in [-0.1, -0.05) is 0 Å². The molecule has 2 aromatic rings. The summed E-state index contributed by atoms with van der Waals surface area (Å²) in [7, 11) is -2.48. The van der Waals surface area contributed by atoms with Gasteiger partial charge >= 0.3 is 5.97 Å². The number of morpholine rings is 1. The zero-order valence-corrected chi connectivity index (χ0v) is 17.6. The van der Waals surface area contributed by atoms with Crippen LogP contribution in [0.4, 0.5) is 5.69 Å². The number of rotatable bonds is 8. The maximum Gasteiger partial charge on any atom is 0.331 e. The van der Waals surface area contributed by atoms with Crippen molar-refractivity contribution in [2.75, 3.05) is 45.3 Å². The van der Waals surface area contributed by atoms with Gasteiger partial charge in [-0.2, -0.15) is 4.31 Å². The SMILES string of the molecule is COc1ccc(NC(=O)COC(=O)/C=C/c2ccco2)cc1S(=O)(=O)N1CCOCC1. The molecule has 0 radical (unpaired) electrons. The third-order valence-corrected chi connectivity index (χ3v) is 6.23. The molecule has 0 unspecified atom stereocenters. The van der Waals surface area contributed by atoms with E-state index in [0.717, 1.165) is 6.08 Å². The highest BCUT2D eigenvalue weighted by Crippen LogP contribution is 2.30. The van der Waals surface area contributed by atoms with Crippen molar-refractivity contribution in [3.63, 3.8) is 0 Å². The Labute approximate surface area is 179 Å². The van der Waals surface area contributed by atoms with Crippen LogP contribution in [0.1, 0.15) is 5.76 Å². The number of anilines is 1. The lowest BCUT2D eigenvalue weighted by molar-refractivity contribution is -0.142. The Balaban J connectivity index is 1.64. The van der Waals surface area contributed by atoms with Gasteiger partial charge in [-0.05, 0) is 36.4 Å². The number of hydrogen-bond donors (Lipinski definition) is 1. The summed E-state index contributed by atoms with van der Waals surface area (Å²) in [5.41, 5.74) is 0.222. The monoisotopic (exact) mass is 450 g/mol. The summed E-state index contributed by atoms with van der Waals surface area (Å²) in [5.74, 6) is -0.732. The van der Waals surface area contributed by atoms with Crippen LogP contribution in [-0.4, -0.2) is 64.6 Å². The second-order valence-corrected chi connectivity index (χ2v) is 8.29. The number of amides is 1. The molecular formula is C20H22N2O8S. The Kier molecular flexibility index (Phi) is 7.45. The number of benzene rings is 1. The third-order valence-electron chi connectivity index (χ3n) is 4.31. The zero-order chi connectivity index (χ0) is 22.3. The summed E-state index contributed by atoms with van der Waals surface area (Å²) in [6, 6.07) is 7.57. The first kappa shape index (κ1) is 22.5. The van der Waals surface area contributed by atoms with Crippen molar-refractivity contribution in [3.8, 4) is 5.75 Å². The minimum atomic E-state index is -3.84. The van der Waals surface area contributed by atoms with Crippen LogP contribution in [0.2, 0.25) is 0 Å². The Morgan fingerprint density at radius 3 is 2.68 bits per heavy atom. The maximum absolute atomic E-state index is 13.0. The number of carbonyl (C=O) groups is 2. The molecule has 166 valence electrons. The first-order valence-corrected chi connectivity index (χ1v) is 10.8. The van der Waals surface area contributed by atoms with E-state index < -0.39 is 28.5 Å². The summed E-state index contributed by atoms with van der Waals surface area (Å²) < 4.78 is 47.6. The molecule has 0 bridgehead atoms. The van der Waals surface area contributed by atoms with E-state index in [2.05, 4.69) is 5.32 Å². The molecule has 1 aromatic carbocycles. The fourth-order valence-electron chi connectivity index (χ4n) is 2.80. The van der Waals surface area contributed by atoms with E-state index in [1.54, 1.807) is 12.1 Å². The number of furan rings is 1. The first-order valence-electron chi connectivity index (χ1n) is 9.34. The highest BCUT2D eigenvalue weighted by Gasteiger charge is 2.29. The minimum absolute atomic E-state index is 0.0759. The maximum atomic E-state index is 13.0. The predicted octanol–water partition coefficient (Wildman–Crippen LogP) is 1.50. The molecule has 0 saturated carbocycles. The van der Waals surface area contributed by atoms with Crippen LogP contribution in [-0.2, 0) is 29.1 Å². The predicted molar refractivity (Wildman–Crippen MR) is 110 cm³/mol. The van der Waals surface area contributed by atoms with Gasteiger partial charge in [0.1, 0.15) is 16.4 Å². The van der Waals surface area contributed by atoms with E-state index in [1.807, 2.05) is 0 Å².